The summed E-state index contributed by atoms with van der Waals surface area (Å²) >= 11 is 0. The molecule has 2 amide bonds. The lowest BCUT2D eigenvalue weighted by Gasteiger charge is -2.45. The summed E-state index contributed by atoms with van der Waals surface area (Å²) in [5, 5.41) is 0. The molecule has 2 atom stereocenters. The molecule has 0 N–H and O–H groups in total. The lowest BCUT2D eigenvalue weighted by atomic mass is 9.83. The van der Waals surface area contributed by atoms with Gasteiger partial charge in [0, 0.05) is 51.3 Å². The minimum Gasteiger partial charge on any atom is -0.383 e. The van der Waals surface area contributed by atoms with E-state index in [9.17, 15) is 9.59 Å². The van der Waals surface area contributed by atoms with Gasteiger partial charge in [0.1, 0.15) is 0 Å². The van der Waals surface area contributed by atoms with Crippen LogP contribution in [0.15, 0.2) is 24.3 Å². The van der Waals surface area contributed by atoms with Gasteiger partial charge in [0.15, 0.2) is 0 Å². The number of methoxy groups -OCH3 is 1. The Kier molecular flexibility index (Phi) is 8.79. The molecule has 2 saturated heterocycles. The summed E-state index contributed by atoms with van der Waals surface area (Å²) in [5.41, 5.74) is 1.98. The molecule has 33 heavy (non-hydrogen) atoms. The van der Waals surface area contributed by atoms with Crippen LogP contribution in [0, 0.1) is 5.92 Å². The van der Waals surface area contributed by atoms with Crippen LogP contribution in [0.4, 0.5) is 0 Å². The fourth-order valence-electron chi connectivity index (χ4n) is 6.00. The van der Waals surface area contributed by atoms with E-state index < -0.39 is 0 Å². The van der Waals surface area contributed by atoms with Crippen LogP contribution >= 0.6 is 0 Å². The van der Waals surface area contributed by atoms with Crippen LogP contribution in [0.2, 0.25) is 0 Å². The van der Waals surface area contributed by atoms with Crippen molar-refractivity contribution in [3.8, 4) is 0 Å². The second kappa shape index (κ2) is 12.0. The third-order valence-electron chi connectivity index (χ3n) is 7.82. The molecule has 3 aliphatic rings. The Morgan fingerprint density at radius 2 is 1.94 bits per heavy atom. The maximum atomic E-state index is 13.1. The summed E-state index contributed by atoms with van der Waals surface area (Å²) in [4.78, 5) is 32.3. The quantitative estimate of drug-likeness (QED) is 0.474. The van der Waals surface area contributed by atoms with Gasteiger partial charge in [-0.15, -0.1) is 0 Å². The second-order valence-electron chi connectivity index (χ2n) is 10.0. The van der Waals surface area contributed by atoms with Gasteiger partial charge in [0.25, 0.3) is 5.91 Å². The number of carbonyl (C=O) groups is 2. The van der Waals surface area contributed by atoms with Crippen LogP contribution in [0.3, 0.4) is 0 Å². The highest BCUT2D eigenvalue weighted by Crippen LogP contribution is 2.31. The Labute approximate surface area is 199 Å². The number of fused-ring (bicyclic) bond motifs is 2. The van der Waals surface area contributed by atoms with Gasteiger partial charge in [-0.1, -0.05) is 31.0 Å². The van der Waals surface area contributed by atoms with Crippen LogP contribution in [-0.2, 0) is 16.1 Å². The molecule has 4 rings (SSSR count). The zero-order chi connectivity index (χ0) is 23.0. The van der Waals surface area contributed by atoms with Gasteiger partial charge in [-0.3, -0.25) is 9.59 Å². The zero-order valence-electron chi connectivity index (χ0n) is 20.3. The van der Waals surface area contributed by atoms with Gasteiger partial charge < -0.3 is 19.4 Å². The largest absolute Gasteiger partial charge is 0.383 e. The lowest BCUT2D eigenvalue weighted by molar-refractivity contribution is -0.133. The molecule has 2 fully saturated rings. The predicted octanol–water partition coefficient (Wildman–Crippen LogP) is 3.94. The molecule has 1 aromatic rings. The molecule has 0 bridgehead atoms. The highest BCUT2D eigenvalue weighted by molar-refractivity contribution is 5.98. The van der Waals surface area contributed by atoms with Gasteiger partial charge in [-0.05, 0) is 69.2 Å². The van der Waals surface area contributed by atoms with Crippen molar-refractivity contribution in [3.05, 3.63) is 35.4 Å². The predicted molar refractivity (Wildman–Crippen MR) is 130 cm³/mol. The smallest absolute Gasteiger partial charge is 0.254 e. The van der Waals surface area contributed by atoms with Crippen molar-refractivity contribution >= 4 is 11.8 Å². The summed E-state index contributed by atoms with van der Waals surface area (Å²) in [6.45, 7) is 6.13. The van der Waals surface area contributed by atoms with E-state index in [2.05, 4.69) is 9.80 Å². The molecule has 3 heterocycles. The first-order chi connectivity index (χ1) is 16.2. The molecule has 6 nitrogen and oxygen atoms in total. The summed E-state index contributed by atoms with van der Waals surface area (Å²) in [7, 11) is 1.71. The van der Waals surface area contributed by atoms with E-state index in [1.54, 1.807) is 7.11 Å². The number of ether oxygens (including phenoxy) is 1. The molecule has 1 aromatic carbocycles. The number of hydrogen-bond acceptors (Lipinski definition) is 4. The van der Waals surface area contributed by atoms with Crippen molar-refractivity contribution in [2.45, 2.75) is 70.4 Å². The maximum Gasteiger partial charge on any atom is 0.254 e. The van der Waals surface area contributed by atoms with Gasteiger partial charge in [-0.2, -0.15) is 0 Å². The molecule has 0 aromatic heterocycles. The van der Waals surface area contributed by atoms with E-state index in [0.717, 1.165) is 50.0 Å². The van der Waals surface area contributed by atoms with Crippen LogP contribution in [0.1, 0.15) is 73.7 Å². The molecule has 0 saturated carbocycles. The summed E-state index contributed by atoms with van der Waals surface area (Å²) < 4.78 is 5.31. The minimum atomic E-state index is 0.150. The van der Waals surface area contributed by atoms with Gasteiger partial charge in [0.2, 0.25) is 5.91 Å². The fourth-order valence-corrected chi connectivity index (χ4v) is 6.00. The van der Waals surface area contributed by atoms with Crippen molar-refractivity contribution < 1.29 is 14.3 Å². The number of rotatable bonds is 11. The third-order valence-corrected chi connectivity index (χ3v) is 7.82. The van der Waals surface area contributed by atoms with E-state index in [1.165, 1.54) is 45.2 Å². The van der Waals surface area contributed by atoms with E-state index in [1.807, 2.05) is 29.2 Å². The third kappa shape index (κ3) is 6.15. The molecule has 6 heteroatoms. The number of unbranched alkanes of at least 4 members (excludes halogenated alkanes) is 2. The average Bonchev–Trinajstić information content (AvgIpc) is 3.17. The van der Waals surface area contributed by atoms with Crippen LogP contribution in [0.5, 0.6) is 0 Å². The summed E-state index contributed by atoms with van der Waals surface area (Å²) in [5.74, 6) is 1.02. The molecule has 0 aliphatic carbocycles. The maximum absolute atomic E-state index is 13.1. The Morgan fingerprint density at radius 3 is 2.79 bits per heavy atom. The van der Waals surface area contributed by atoms with Crippen molar-refractivity contribution in [3.63, 3.8) is 0 Å². The highest BCUT2D eigenvalue weighted by atomic mass is 16.5. The number of piperidine rings is 2. The van der Waals surface area contributed by atoms with Crippen molar-refractivity contribution in [1.29, 1.82) is 0 Å². The first kappa shape index (κ1) is 24.2. The normalized spacial score (nSPS) is 22.8. The number of amides is 2. The minimum absolute atomic E-state index is 0.150. The second-order valence-corrected chi connectivity index (χ2v) is 10.0. The Balaban J connectivity index is 1.20. The van der Waals surface area contributed by atoms with Crippen LogP contribution in [-0.4, -0.2) is 79.0 Å². The first-order valence-electron chi connectivity index (χ1n) is 13.1. The van der Waals surface area contributed by atoms with Gasteiger partial charge in [-0.25, -0.2) is 0 Å². The molecule has 3 aliphatic heterocycles. The van der Waals surface area contributed by atoms with Crippen LogP contribution < -0.4 is 0 Å². The number of hydrogen-bond donors (Lipinski definition) is 0. The average molecular weight is 456 g/mol. The van der Waals surface area contributed by atoms with E-state index >= 15 is 0 Å². The monoisotopic (exact) mass is 455 g/mol. The van der Waals surface area contributed by atoms with Crippen molar-refractivity contribution in [1.82, 2.24) is 14.7 Å². The van der Waals surface area contributed by atoms with Crippen molar-refractivity contribution in [2.24, 2.45) is 5.92 Å². The van der Waals surface area contributed by atoms with Gasteiger partial charge >= 0.3 is 0 Å². The number of carbonyl (C=O) groups excluding carboxylic acids is 2. The zero-order valence-corrected chi connectivity index (χ0v) is 20.3. The number of nitrogens with zero attached hydrogens (tertiary/aromatic N) is 3. The Hall–Kier alpha value is -1.92. The summed E-state index contributed by atoms with van der Waals surface area (Å²) in [6, 6.07) is 8.55. The molecular formula is C27H41N3O3. The first-order valence-corrected chi connectivity index (χ1v) is 13.1. The topological polar surface area (TPSA) is 53.1 Å². The molecule has 2 unspecified atom stereocenters. The molecular weight excluding hydrogens is 414 g/mol. The SMILES string of the molecule is COCCN(CC1CCCN2CCCCC12)C(=O)CCCCCN1Cc2ccccc2C1=O. The van der Waals surface area contributed by atoms with E-state index in [0.29, 0.717) is 31.5 Å². The van der Waals surface area contributed by atoms with Crippen molar-refractivity contribution in [2.75, 3.05) is 46.4 Å². The molecule has 0 spiro atoms. The van der Waals surface area contributed by atoms with E-state index in [4.69, 9.17) is 4.74 Å². The molecule has 182 valence electrons. The van der Waals surface area contributed by atoms with Crippen LogP contribution in [0.25, 0.3) is 0 Å². The highest BCUT2D eigenvalue weighted by Gasteiger charge is 2.34. The standard InChI is InChI=1S/C27H41N3O3/c1-33-19-18-29(21-23-11-9-17-28-15-8-6-13-25(23)28)26(31)14-3-2-7-16-30-20-22-10-4-5-12-24(22)27(30)32/h4-5,10,12,23,25H,2-3,6-9,11,13-21H2,1H3. The molecule has 0 radical (unpaired) electrons. The van der Waals surface area contributed by atoms with Gasteiger partial charge in [0.05, 0.1) is 6.61 Å². The van der Waals surface area contributed by atoms with E-state index in [-0.39, 0.29) is 11.8 Å². The lowest BCUT2D eigenvalue weighted by Crippen LogP contribution is -2.52. The summed E-state index contributed by atoms with van der Waals surface area (Å²) in [6.07, 6.45) is 9.84. The number of benzene rings is 1. The Morgan fingerprint density at radius 1 is 1.09 bits per heavy atom. The Bertz CT molecular complexity index is 797. The fraction of sp³-hybridized carbons (Fsp3) is 0.704.